The van der Waals surface area contributed by atoms with Crippen molar-refractivity contribution in [3.63, 3.8) is 0 Å². The van der Waals surface area contributed by atoms with Crippen LogP contribution in [0, 0.1) is 0 Å². The molecule has 8 nitrogen and oxygen atoms in total. The Morgan fingerprint density at radius 1 is 1.07 bits per heavy atom. The number of para-hydroxylation sites is 1. The van der Waals surface area contributed by atoms with Gasteiger partial charge in [-0.15, -0.1) is 11.3 Å². The van der Waals surface area contributed by atoms with Crippen molar-refractivity contribution in [2.24, 2.45) is 5.73 Å². The van der Waals surface area contributed by atoms with Gasteiger partial charge in [0.1, 0.15) is 12.4 Å². The highest BCUT2D eigenvalue weighted by Gasteiger charge is 2.14. The lowest BCUT2D eigenvalue weighted by Gasteiger charge is -2.12. The van der Waals surface area contributed by atoms with E-state index in [2.05, 4.69) is 15.6 Å². The Morgan fingerprint density at radius 3 is 2.67 bits per heavy atom. The number of primary amides is 1. The summed E-state index contributed by atoms with van der Waals surface area (Å²) in [5, 5.41) is 7.24. The number of carbonyl (C=O) groups excluding carboxylic acids is 3. The van der Waals surface area contributed by atoms with E-state index in [1.54, 1.807) is 54.0 Å². The lowest BCUT2D eigenvalue weighted by Crippen LogP contribution is -2.28. The molecule has 3 aromatic rings. The molecule has 0 spiro atoms. The van der Waals surface area contributed by atoms with Crippen molar-refractivity contribution >= 4 is 34.7 Å². The van der Waals surface area contributed by atoms with Crippen LogP contribution in [0.2, 0.25) is 0 Å². The van der Waals surface area contributed by atoms with Crippen LogP contribution < -0.4 is 21.1 Å². The molecule has 3 amide bonds. The number of nitrogens with one attached hydrogen (secondary N) is 2. The molecule has 2 aromatic carbocycles. The Bertz CT molecular complexity index is 1040. The van der Waals surface area contributed by atoms with Gasteiger partial charge in [-0.05, 0) is 30.3 Å². The minimum atomic E-state index is -0.506. The van der Waals surface area contributed by atoms with Gasteiger partial charge in [-0.25, -0.2) is 4.98 Å². The first-order chi connectivity index (χ1) is 14.5. The maximum Gasteiger partial charge on any atom is 0.255 e. The minimum absolute atomic E-state index is 0.0357. The smallest absolute Gasteiger partial charge is 0.255 e. The van der Waals surface area contributed by atoms with Crippen LogP contribution >= 0.6 is 11.3 Å². The lowest BCUT2D eigenvalue weighted by atomic mass is 10.1. The summed E-state index contributed by atoms with van der Waals surface area (Å²) in [5.41, 5.74) is 8.64. The highest BCUT2D eigenvalue weighted by Crippen LogP contribution is 2.19. The molecule has 0 bridgehead atoms. The molecule has 0 aliphatic rings. The van der Waals surface area contributed by atoms with Crippen molar-refractivity contribution in [1.82, 2.24) is 10.3 Å². The molecular formula is C21H20N4O4S. The van der Waals surface area contributed by atoms with Crippen LogP contribution in [0.15, 0.2) is 59.4 Å². The second-order valence-corrected chi connectivity index (χ2v) is 6.99. The lowest BCUT2D eigenvalue weighted by molar-refractivity contribution is -0.117. The second kappa shape index (κ2) is 10.2. The van der Waals surface area contributed by atoms with Gasteiger partial charge < -0.3 is 21.1 Å². The van der Waals surface area contributed by atoms with E-state index in [0.29, 0.717) is 23.6 Å². The molecule has 154 valence electrons. The number of anilines is 1. The van der Waals surface area contributed by atoms with Crippen molar-refractivity contribution in [3.05, 3.63) is 76.2 Å². The highest BCUT2D eigenvalue weighted by atomic mass is 32.1. The third-order valence-corrected chi connectivity index (χ3v) is 4.68. The summed E-state index contributed by atoms with van der Waals surface area (Å²) in [6.07, 6.45) is 0.0357. The molecule has 1 heterocycles. The van der Waals surface area contributed by atoms with Gasteiger partial charge in [-0.1, -0.05) is 18.2 Å². The number of nitrogens with zero attached hydrogens (tertiary/aromatic N) is 1. The van der Waals surface area contributed by atoms with Gasteiger partial charge in [0, 0.05) is 23.9 Å². The number of amides is 3. The average molecular weight is 424 g/mol. The summed E-state index contributed by atoms with van der Waals surface area (Å²) >= 11 is 1.48. The van der Waals surface area contributed by atoms with Crippen LogP contribution in [-0.4, -0.2) is 29.3 Å². The highest BCUT2D eigenvalue weighted by molar-refractivity contribution is 7.07. The third-order valence-electron chi connectivity index (χ3n) is 4.04. The van der Waals surface area contributed by atoms with Gasteiger partial charge in [-0.3, -0.25) is 14.4 Å². The van der Waals surface area contributed by atoms with E-state index in [-0.39, 0.29) is 24.4 Å². The predicted molar refractivity (Wildman–Crippen MR) is 113 cm³/mol. The van der Waals surface area contributed by atoms with Crippen LogP contribution in [-0.2, 0) is 11.4 Å². The molecule has 0 aliphatic carbocycles. The van der Waals surface area contributed by atoms with Crippen LogP contribution in [0.3, 0.4) is 0 Å². The molecule has 0 unspecified atom stereocenters. The molecular weight excluding hydrogens is 404 g/mol. The van der Waals surface area contributed by atoms with Gasteiger partial charge in [0.2, 0.25) is 5.91 Å². The number of benzene rings is 2. The molecule has 0 saturated heterocycles. The van der Waals surface area contributed by atoms with Crippen LogP contribution in [0.5, 0.6) is 5.75 Å². The Labute approximate surface area is 177 Å². The topological polar surface area (TPSA) is 123 Å². The molecule has 9 heteroatoms. The van der Waals surface area contributed by atoms with E-state index < -0.39 is 11.8 Å². The Kier molecular flexibility index (Phi) is 7.12. The summed E-state index contributed by atoms with van der Waals surface area (Å²) in [6, 6.07) is 13.4. The first-order valence-electron chi connectivity index (χ1n) is 9.10. The molecule has 4 N–H and O–H groups in total. The molecule has 3 rings (SSSR count). The van der Waals surface area contributed by atoms with Crippen molar-refractivity contribution in [2.45, 2.75) is 13.0 Å². The van der Waals surface area contributed by atoms with Crippen LogP contribution in [0.1, 0.15) is 32.8 Å². The fraction of sp³-hybridized carbons (Fsp3) is 0.143. The second-order valence-electron chi connectivity index (χ2n) is 6.27. The Morgan fingerprint density at radius 2 is 1.90 bits per heavy atom. The maximum atomic E-state index is 12.7. The molecule has 0 atom stereocenters. The molecule has 1 aromatic heterocycles. The molecule has 0 fully saturated rings. The zero-order valence-electron chi connectivity index (χ0n) is 16.0. The van der Waals surface area contributed by atoms with Crippen LogP contribution in [0.4, 0.5) is 5.69 Å². The predicted octanol–water partition coefficient (Wildman–Crippen LogP) is 2.58. The van der Waals surface area contributed by atoms with Crippen molar-refractivity contribution < 1.29 is 19.1 Å². The maximum absolute atomic E-state index is 12.7. The Hall–Kier alpha value is -3.72. The van der Waals surface area contributed by atoms with Gasteiger partial charge in [0.25, 0.3) is 11.8 Å². The summed E-state index contributed by atoms with van der Waals surface area (Å²) < 4.78 is 5.68. The van der Waals surface area contributed by atoms with E-state index in [1.807, 2.05) is 5.38 Å². The summed E-state index contributed by atoms with van der Waals surface area (Å²) in [7, 11) is 0. The van der Waals surface area contributed by atoms with E-state index in [0.717, 1.165) is 5.69 Å². The van der Waals surface area contributed by atoms with Crippen molar-refractivity contribution in [1.29, 1.82) is 0 Å². The fourth-order valence-electron chi connectivity index (χ4n) is 2.57. The zero-order valence-corrected chi connectivity index (χ0v) is 16.8. The first-order valence-corrected chi connectivity index (χ1v) is 10.0. The standard InChI is InChI=1S/C21H20N4O4S/c22-19(26)8-9-23-21(28)17-6-1-2-7-18(17)25-20(27)14-4-3-5-16(10-14)29-11-15-12-30-13-24-15/h1-7,10,12-13H,8-9,11H2,(H2,22,26)(H,23,28)(H,25,27). The van der Waals surface area contributed by atoms with E-state index in [9.17, 15) is 14.4 Å². The van der Waals surface area contributed by atoms with E-state index in [1.165, 1.54) is 11.3 Å². The molecule has 0 saturated carbocycles. The fourth-order valence-corrected chi connectivity index (χ4v) is 3.12. The summed E-state index contributed by atoms with van der Waals surface area (Å²) in [4.78, 5) is 40.1. The number of nitrogens with two attached hydrogens (primary N) is 1. The number of thiazole rings is 1. The number of carbonyl (C=O) groups is 3. The first kappa shape index (κ1) is 21.0. The molecule has 0 aliphatic heterocycles. The van der Waals surface area contributed by atoms with Gasteiger partial charge in [-0.2, -0.15) is 0 Å². The minimum Gasteiger partial charge on any atom is -0.487 e. The number of rotatable bonds is 9. The number of aromatic nitrogens is 1. The van der Waals surface area contributed by atoms with E-state index >= 15 is 0 Å². The summed E-state index contributed by atoms with van der Waals surface area (Å²) in [5.74, 6) is -0.763. The van der Waals surface area contributed by atoms with Gasteiger partial charge in [0.15, 0.2) is 0 Å². The van der Waals surface area contributed by atoms with Crippen molar-refractivity contribution in [3.8, 4) is 5.75 Å². The number of hydrogen-bond donors (Lipinski definition) is 3. The van der Waals surface area contributed by atoms with Gasteiger partial charge in [0.05, 0.1) is 22.5 Å². The quantitative estimate of drug-likeness (QED) is 0.487. The SMILES string of the molecule is NC(=O)CCNC(=O)c1ccccc1NC(=O)c1cccc(OCc2cscn2)c1. The normalized spacial score (nSPS) is 10.3. The third kappa shape index (κ3) is 5.89. The number of hydrogen-bond acceptors (Lipinski definition) is 6. The number of ether oxygens (including phenoxy) is 1. The largest absolute Gasteiger partial charge is 0.487 e. The summed E-state index contributed by atoms with van der Waals surface area (Å²) in [6.45, 7) is 0.428. The van der Waals surface area contributed by atoms with Crippen molar-refractivity contribution in [2.75, 3.05) is 11.9 Å². The zero-order chi connectivity index (χ0) is 21.3. The van der Waals surface area contributed by atoms with E-state index in [4.69, 9.17) is 10.5 Å². The Balaban J connectivity index is 1.66. The average Bonchev–Trinajstić information content (AvgIpc) is 3.26. The molecule has 0 radical (unpaired) electrons. The monoisotopic (exact) mass is 424 g/mol. The van der Waals surface area contributed by atoms with Crippen LogP contribution in [0.25, 0.3) is 0 Å². The van der Waals surface area contributed by atoms with Gasteiger partial charge >= 0.3 is 0 Å². The molecule has 30 heavy (non-hydrogen) atoms.